The van der Waals surface area contributed by atoms with Crippen LogP contribution in [0.4, 0.5) is 15.9 Å². The minimum atomic E-state index is -0.491. The minimum absolute atomic E-state index is 0.0817. The van der Waals surface area contributed by atoms with Crippen molar-refractivity contribution in [1.29, 1.82) is 0 Å². The third-order valence-electron chi connectivity index (χ3n) is 3.72. The van der Waals surface area contributed by atoms with E-state index in [1.807, 2.05) is 6.92 Å². The predicted octanol–water partition coefficient (Wildman–Crippen LogP) is 1.13. The van der Waals surface area contributed by atoms with Crippen LogP contribution in [0.25, 0.3) is 0 Å². The van der Waals surface area contributed by atoms with E-state index in [1.165, 1.54) is 6.33 Å². The Morgan fingerprint density at radius 1 is 1.45 bits per heavy atom. The molecule has 1 fully saturated rings. The molecule has 2 aromatic heterocycles. The Bertz CT molecular complexity index is 700. The van der Waals surface area contributed by atoms with E-state index >= 15 is 0 Å². The fraction of sp³-hybridized carbons (Fsp3) is 0.429. The first-order chi connectivity index (χ1) is 10.6. The van der Waals surface area contributed by atoms with Crippen LogP contribution in [-0.4, -0.2) is 38.2 Å². The minimum Gasteiger partial charge on any atom is -0.356 e. The molecule has 0 aliphatic carbocycles. The molecular formula is C14H17FN6O. The van der Waals surface area contributed by atoms with E-state index in [0.717, 1.165) is 5.69 Å². The summed E-state index contributed by atoms with van der Waals surface area (Å²) >= 11 is 0. The van der Waals surface area contributed by atoms with E-state index < -0.39 is 11.9 Å². The highest BCUT2D eigenvalue weighted by molar-refractivity contribution is 6.00. The standard InChI is InChI=1S/C14H17FN6O/c1-3-10-12(15)13(17-8-16-10)19-11-4-5-21(14(11)22)9-6-18-20(2)7-9/h6-8,11H,3-5H2,1-2H3,(H,16,17,19)/t11-/m1/s1. The number of nitrogens with one attached hydrogen (secondary N) is 1. The molecule has 2 aromatic rings. The van der Waals surface area contributed by atoms with Crippen molar-refractivity contribution in [1.82, 2.24) is 19.7 Å². The van der Waals surface area contributed by atoms with Crippen LogP contribution in [0.2, 0.25) is 0 Å². The summed E-state index contributed by atoms with van der Waals surface area (Å²) in [5.74, 6) is -0.514. The predicted molar refractivity (Wildman–Crippen MR) is 79.0 cm³/mol. The van der Waals surface area contributed by atoms with Crippen molar-refractivity contribution in [3.63, 3.8) is 0 Å². The Morgan fingerprint density at radius 3 is 2.95 bits per heavy atom. The third kappa shape index (κ3) is 2.51. The zero-order chi connectivity index (χ0) is 15.7. The Hall–Kier alpha value is -2.51. The lowest BCUT2D eigenvalue weighted by atomic mass is 10.2. The van der Waals surface area contributed by atoms with Gasteiger partial charge in [-0.1, -0.05) is 6.92 Å². The van der Waals surface area contributed by atoms with Gasteiger partial charge in [-0.15, -0.1) is 0 Å². The molecule has 116 valence electrons. The van der Waals surface area contributed by atoms with Crippen LogP contribution in [-0.2, 0) is 18.3 Å². The molecule has 1 atom stereocenters. The average Bonchev–Trinajstić information content (AvgIpc) is 3.08. The van der Waals surface area contributed by atoms with Crippen LogP contribution in [0.1, 0.15) is 19.0 Å². The van der Waals surface area contributed by atoms with Crippen LogP contribution in [0.15, 0.2) is 18.7 Å². The summed E-state index contributed by atoms with van der Waals surface area (Å²) in [4.78, 5) is 21.9. The molecule has 1 aliphatic rings. The number of aromatic nitrogens is 4. The monoisotopic (exact) mass is 304 g/mol. The van der Waals surface area contributed by atoms with Gasteiger partial charge >= 0.3 is 0 Å². The highest BCUT2D eigenvalue weighted by Crippen LogP contribution is 2.23. The second-order valence-corrected chi connectivity index (χ2v) is 5.18. The molecule has 0 radical (unpaired) electrons. The number of hydrogen-bond donors (Lipinski definition) is 1. The highest BCUT2D eigenvalue weighted by Gasteiger charge is 2.34. The molecule has 1 amide bonds. The van der Waals surface area contributed by atoms with Crippen LogP contribution in [0.3, 0.4) is 0 Å². The van der Waals surface area contributed by atoms with Gasteiger partial charge in [0.15, 0.2) is 11.6 Å². The number of amides is 1. The van der Waals surface area contributed by atoms with E-state index in [2.05, 4.69) is 20.4 Å². The van der Waals surface area contributed by atoms with Crippen molar-refractivity contribution >= 4 is 17.4 Å². The van der Waals surface area contributed by atoms with Gasteiger partial charge in [0.2, 0.25) is 5.91 Å². The lowest BCUT2D eigenvalue weighted by Crippen LogP contribution is -2.33. The highest BCUT2D eigenvalue weighted by atomic mass is 19.1. The van der Waals surface area contributed by atoms with Gasteiger partial charge in [0.25, 0.3) is 0 Å². The molecule has 22 heavy (non-hydrogen) atoms. The zero-order valence-corrected chi connectivity index (χ0v) is 12.5. The molecule has 1 saturated heterocycles. The van der Waals surface area contributed by atoms with E-state index in [1.54, 1.807) is 29.0 Å². The zero-order valence-electron chi connectivity index (χ0n) is 12.5. The molecule has 0 bridgehead atoms. The maximum atomic E-state index is 14.2. The fourth-order valence-electron chi connectivity index (χ4n) is 2.54. The third-order valence-corrected chi connectivity index (χ3v) is 3.72. The van der Waals surface area contributed by atoms with E-state index in [-0.39, 0.29) is 11.7 Å². The van der Waals surface area contributed by atoms with Gasteiger partial charge in [0, 0.05) is 19.8 Å². The smallest absolute Gasteiger partial charge is 0.249 e. The molecule has 0 saturated carbocycles. The first kappa shape index (κ1) is 14.4. The van der Waals surface area contributed by atoms with Gasteiger partial charge in [-0.05, 0) is 12.8 Å². The van der Waals surface area contributed by atoms with Crippen molar-refractivity contribution in [3.05, 3.63) is 30.2 Å². The van der Waals surface area contributed by atoms with Gasteiger partial charge in [-0.25, -0.2) is 14.4 Å². The van der Waals surface area contributed by atoms with Crippen LogP contribution >= 0.6 is 0 Å². The molecule has 0 unspecified atom stereocenters. The van der Waals surface area contributed by atoms with Crippen molar-refractivity contribution in [2.45, 2.75) is 25.8 Å². The molecule has 1 N–H and O–H groups in total. The van der Waals surface area contributed by atoms with Crippen LogP contribution in [0, 0.1) is 5.82 Å². The topological polar surface area (TPSA) is 75.9 Å². The Labute approximate surface area is 127 Å². The normalized spacial score (nSPS) is 18.0. The second kappa shape index (κ2) is 5.70. The lowest BCUT2D eigenvalue weighted by molar-refractivity contribution is -0.117. The first-order valence-corrected chi connectivity index (χ1v) is 7.16. The van der Waals surface area contributed by atoms with Gasteiger partial charge in [0.1, 0.15) is 12.4 Å². The number of anilines is 2. The molecule has 8 heteroatoms. The summed E-state index contributed by atoms with van der Waals surface area (Å²) in [5, 5.41) is 6.96. The van der Waals surface area contributed by atoms with Crippen molar-refractivity contribution in [2.75, 3.05) is 16.8 Å². The molecular weight excluding hydrogens is 287 g/mol. The van der Waals surface area contributed by atoms with Gasteiger partial charge in [0.05, 0.1) is 17.6 Å². The summed E-state index contributed by atoms with van der Waals surface area (Å²) in [7, 11) is 1.79. The number of carbonyl (C=O) groups is 1. The second-order valence-electron chi connectivity index (χ2n) is 5.18. The maximum Gasteiger partial charge on any atom is 0.249 e. The van der Waals surface area contributed by atoms with Crippen molar-refractivity contribution in [2.24, 2.45) is 7.05 Å². The summed E-state index contributed by atoms with van der Waals surface area (Å²) in [6, 6.07) is -0.491. The van der Waals surface area contributed by atoms with Crippen molar-refractivity contribution in [3.8, 4) is 0 Å². The summed E-state index contributed by atoms with van der Waals surface area (Å²) in [5.41, 5.74) is 1.08. The number of carbonyl (C=O) groups excluding carboxylic acids is 1. The molecule has 0 aromatic carbocycles. The fourth-order valence-corrected chi connectivity index (χ4v) is 2.54. The van der Waals surface area contributed by atoms with E-state index in [9.17, 15) is 9.18 Å². The van der Waals surface area contributed by atoms with Crippen LogP contribution < -0.4 is 10.2 Å². The van der Waals surface area contributed by atoms with Gasteiger partial charge in [-0.3, -0.25) is 9.48 Å². The summed E-state index contributed by atoms with van der Waals surface area (Å²) in [6.07, 6.45) is 5.78. The largest absolute Gasteiger partial charge is 0.356 e. The van der Waals surface area contributed by atoms with Gasteiger partial charge < -0.3 is 10.2 Å². The maximum absolute atomic E-state index is 14.2. The summed E-state index contributed by atoms with van der Waals surface area (Å²) in [6.45, 7) is 2.38. The molecule has 7 nitrogen and oxygen atoms in total. The van der Waals surface area contributed by atoms with Gasteiger partial charge in [-0.2, -0.15) is 5.10 Å². The SMILES string of the molecule is CCc1ncnc(N[C@@H]2CCN(c3cnn(C)c3)C2=O)c1F. The number of nitrogens with zero attached hydrogens (tertiary/aromatic N) is 5. The molecule has 1 aliphatic heterocycles. The molecule has 3 rings (SSSR count). The van der Waals surface area contributed by atoms with E-state index in [0.29, 0.717) is 25.1 Å². The van der Waals surface area contributed by atoms with E-state index in [4.69, 9.17) is 0 Å². The summed E-state index contributed by atoms with van der Waals surface area (Å²) < 4.78 is 15.8. The Balaban J connectivity index is 1.76. The quantitative estimate of drug-likeness (QED) is 0.916. The number of hydrogen-bond acceptors (Lipinski definition) is 5. The molecule has 3 heterocycles. The average molecular weight is 304 g/mol. The Morgan fingerprint density at radius 2 is 2.27 bits per heavy atom. The lowest BCUT2D eigenvalue weighted by Gasteiger charge is -2.16. The molecule has 0 spiro atoms. The first-order valence-electron chi connectivity index (χ1n) is 7.16. The number of rotatable bonds is 4. The number of halogens is 1. The number of aryl methyl sites for hydroxylation is 2. The van der Waals surface area contributed by atoms with Crippen molar-refractivity contribution < 1.29 is 9.18 Å². The van der Waals surface area contributed by atoms with Crippen LogP contribution in [0.5, 0.6) is 0 Å². The Kier molecular flexibility index (Phi) is 3.74.